The SMILES string of the molecule is CCCCC(C)OCCCC(C)CO. The fraction of sp³-hybridized carbons (Fsp3) is 1.00. The van der Waals surface area contributed by atoms with Gasteiger partial charge in [-0.15, -0.1) is 0 Å². The number of hydrogen-bond acceptors (Lipinski definition) is 2. The highest BCUT2D eigenvalue weighted by atomic mass is 16.5. The van der Waals surface area contributed by atoms with Gasteiger partial charge in [-0.05, 0) is 32.1 Å². The lowest BCUT2D eigenvalue weighted by Crippen LogP contribution is -2.10. The molecule has 2 nitrogen and oxygen atoms in total. The molecule has 2 heteroatoms. The summed E-state index contributed by atoms with van der Waals surface area (Å²) in [7, 11) is 0. The van der Waals surface area contributed by atoms with Gasteiger partial charge in [-0.25, -0.2) is 0 Å². The Bertz CT molecular complexity index is 115. The zero-order valence-corrected chi connectivity index (χ0v) is 9.96. The van der Waals surface area contributed by atoms with Crippen molar-refractivity contribution in [1.29, 1.82) is 0 Å². The first-order chi connectivity index (χ1) is 6.70. The van der Waals surface area contributed by atoms with Crippen molar-refractivity contribution in [2.75, 3.05) is 13.2 Å². The molecule has 0 fully saturated rings. The van der Waals surface area contributed by atoms with E-state index in [0.29, 0.717) is 18.6 Å². The van der Waals surface area contributed by atoms with Crippen molar-refractivity contribution in [2.45, 2.75) is 59.0 Å². The van der Waals surface area contributed by atoms with Gasteiger partial charge in [0.05, 0.1) is 6.10 Å². The highest BCUT2D eigenvalue weighted by Crippen LogP contribution is 2.07. The zero-order chi connectivity index (χ0) is 10.8. The van der Waals surface area contributed by atoms with Crippen LogP contribution in [-0.4, -0.2) is 24.4 Å². The van der Waals surface area contributed by atoms with Crippen molar-refractivity contribution in [2.24, 2.45) is 5.92 Å². The van der Waals surface area contributed by atoms with Crippen LogP contribution in [0.4, 0.5) is 0 Å². The second kappa shape index (κ2) is 9.47. The molecule has 0 aliphatic carbocycles. The Kier molecular flexibility index (Phi) is 9.42. The highest BCUT2D eigenvalue weighted by molar-refractivity contribution is 4.53. The summed E-state index contributed by atoms with van der Waals surface area (Å²) in [4.78, 5) is 0. The van der Waals surface area contributed by atoms with Crippen LogP contribution in [0.5, 0.6) is 0 Å². The lowest BCUT2D eigenvalue weighted by atomic mass is 10.1. The van der Waals surface area contributed by atoms with E-state index in [4.69, 9.17) is 9.84 Å². The van der Waals surface area contributed by atoms with E-state index in [1.54, 1.807) is 0 Å². The molecule has 0 aromatic heterocycles. The number of aliphatic hydroxyl groups is 1. The summed E-state index contributed by atoms with van der Waals surface area (Å²) < 4.78 is 5.66. The third-order valence-electron chi connectivity index (χ3n) is 2.52. The molecule has 0 spiro atoms. The van der Waals surface area contributed by atoms with E-state index in [0.717, 1.165) is 19.4 Å². The van der Waals surface area contributed by atoms with Gasteiger partial charge >= 0.3 is 0 Å². The van der Waals surface area contributed by atoms with Gasteiger partial charge in [0.25, 0.3) is 0 Å². The minimum Gasteiger partial charge on any atom is -0.396 e. The summed E-state index contributed by atoms with van der Waals surface area (Å²) in [6.45, 7) is 7.56. The van der Waals surface area contributed by atoms with Gasteiger partial charge in [0.2, 0.25) is 0 Å². The largest absolute Gasteiger partial charge is 0.396 e. The molecule has 2 atom stereocenters. The molecule has 14 heavy (non-hydrogen) atoms. The fourth-order valence-electron chi connectivity index (χ4n) is 1.38. The first-order valence-corrected chi connectivity index (χ1v) is 5.93. The predicted molar refractivity (Wildman–Crippen MR) is 60.4 cm³/mol. The summed E-state index contributed by atoms with van der Waals surface area (Å²) in [6.07, 6.45) is 6.21. The van der Waals surface area contributed by atoms with Crippen molar-refractivity contribution in [3.8, 4) is 0 Å². The van der Waals surface area contributed by atoms with E-state index in [1.807, 2.05) is 0 Å². The first-order valence-electron chi connectivity index (χ1n) is 5.93. The van der Waals surface area contributed by atoms with Gasteiger partial charge in [0, 0.05) is 13.2 Å². The maximum absolute atomic E-state index is 8.82. The Hall–Kier alpha value is -0.0800. The molecule has 0 saturated carbocycles. The van der Waals surface area contributed by atoms with Gasteiger partial charge in [-0.1, -0.05) is 26.7 Å². The van der Waals surface area contributed by atoms with Gasteiger partial charge in [-0.2, -0.15) is 0 Å². The van der Waals surface area contributed by atoms with Crippen LogP contribution in [0.15, 0.2) is 0 Å². The average Bonchev–Trinajstić information content (AvgIpc) is 2.21. The molecule has 0 aromatic carbocycles. The molecule has 2 unspecified atom stereocenters. The van der Waals surface area contributed by atoms with Crippen LogP contribution in [0.1, 0.15) is 52.9 Å². The lowest BCUT2D eigenvalue weighted by Gasteiger charge is -2.13. The summed E-state index contributed by atoms with van der Waals surface area (Å²) >= 11 is 0. The molecule has 86 valence electrons. The summed E-state index contributed by atoms with van der Waals surface area (Å²) in [5.74, 6) is 0.421. The molecule has 0 aliphatic heterocycles. The summed E-state index contributed by atoms with van der Waals surface area (Å²) in [5, 5.41) is 8.82. The van der Waals surface area contributed by atoms with Gasteiger partial charge in [-0.3, -0.25) is 0 Å². The number of unbranched alkanes of at least 4 members (excludes halogenated alkanes) is 1. The quantitative estimate of drug-likeness (QED) is 0.582. The Morgan fingerprint density at radius 3 is 2.43 bits per heavy atom. The van der Waals surface area contributed by atoms with Crippen LogP contribution in [0.2, 0.25) is 0 Å². The molecule has 0 saturated heterocycles. The standard InChI is InChI=1S/C12H26O2/c1-4-5-8-12(3)14-9-6-7-11(2)10-13/h11-13H,4-10H2,1-3H3. The van der Waals surface area contributed by atoms with E-state index in [2.05, 4.69) is 20.8 Å². The number of ether oxygens (including phenoxy) is 1. The zero-order valence-electron chi connectivity index (χ0n) is 9.96. The maximum Gasteiger partial charge on any atom is 0.0547 e. The molecule has 0 radical (unpaired) electrons. The van der Waals surface area contributed by atoms with E-state index in [9.17, 15) is 0 Å². The normalized spacial score (nSPS) is 15.4. The molecule has 0 bridgehead atoms. The van der Waals surface area contributed by atoms with Crippen LogP contribution in [0.25, 0.3) is 0 Å². The van der Waals surface area contributed by atoms with Crippen LogP contribution in [-0.2, 0) is 4.74 Å². The van der Waals surface area contributed by atoms with E-state index in [-0.39, 0.29) is 0 Å². The van der Waals surface area contributed by atoms with Crippen LogP contribution in [0, 0.1) is 5.92 Å². The Morgan fingerprint density at radius 2 is 1.86 bits per heavy atom. The van der Waals surface area contributed by atoms with Crippen molar-refractivity contribution < 1.29 is 9.84 Å². The third kappa shape index (κ3) is 8.52. The second-order valence-electron chi connectivity index (χ2n) is 4.25. The minimum atomic E-state index is 0.297. The van der Waals surface area contributed by atoms with Crippen molar-refractivity contribution in [1.82, 2.24) is 0 Å². The van der Waals surface area contributed by atoms with E-state index in [1.165, 1.54) is 19.3 Å². The van der Waals surface area contributed by atoms with Gasteiger partial charge in [0.1, 0.15) is 0 Å². The molecular formula is C12H26O2. The minimum absolute atomic E-state index is 0.297. The smallest absolute Gasteiger partial charge is 0.0547 e. The van der Waals surface area contributed by atoms with Crippen molar-refractivity contribution in [3.05, 3.63) is 0 Å². The van der Waals surface area contributed by atoms with Crippen LogP contribution >= 0.6 is 0 Å². The summed E-state index contributed by atoms with van der Waals surface area (Å²) in [6, 6.07) is 0. The van der Waals surface area contributed by atoms with E-state index >= 15 is 0 Å². The molecule has 0 heterocycles. The monoisotopic (exact) mass is 202 g/mol. The lowest BCUT2D eigenvalue weighted by molar-refractivity contribution is 0.0532. The van der Waals surface area contributed by atoms with Crippen LogP contribution in [0.3, 0.4) is 0 Å². The second-order valence-corrected chi connectivity index (χ2v) is 4.25. The van der Waals surface area contributed by atoms with E-state index < -0.39 is 0 Å². The fourth-order valence-corrected chi connectivity index (χ4v) is 1.38. The molecule has 1 N–H and O–H groups in total. The first kappa shape index (κ1) is 13.9. The highest BCUT2D eigenvalue weighted by Gasteiger charge is 2.02. The Labute approximate surface area is 88.7 Å². The molecule has 0 rings (SSSR count). The molecule has 0 aromatic rings. The van der Waals surface area contributed by atoms with Crippen LogP contribution < -0.4 is 0 Å². The molecule has 0 aliphatic rings. The number of rotatable bonds is 9. The predicted octanol–water partition coefficient (Wildman–Crippen LogP) is 2.99. The topological polar surface area (TPSA) is 29.5 Å². The molecular weight excluding hydrogens is 176 g/mol. The van der Waals surface area contributed by atoms with Crippen molar-refractivity contribution >= 4 is 0 Å². The average molecular weight is 202 g/mol. The van der Waals surface area contributed by atoms with Crippen molar-refractivity contribution in [3.63, 3.8) is 0 Å². The van der Waals surface area contributed by atoms with Gasteiger partial charge in [0.15, 0.2) is 0 Å². The Balaban J connectivity index is 3.18. The number of hydrogen-bond donors (Lipinski definition) is 1. The maximum atomic E-state index is 8.82. The number of aliphatic hydroxyl groups excluding tert-OH is 1. The molecule has 0 amide bonds. The van der Waals surface area contributed by atoms with Gasteiger partial charge < -0.3 is 9.84 Å². The third-order valence-corrected chi connectivity index (χ3v) is 2.52. The summed E-state index contributed by atoms with van der Waals surface area (Å²) in [5.41, 5.74) is 0. The Morgan fingerprint density at radius 1 is 1.14 bits per heavy atom.